The van der Waals surface area contributed by atoms with Crippen LogP contribution in [0.15, 0.2) is 36.7 Å². The van der Waals surface area contributed by atoms with Crippen LogP contribution in [0.25, 0.3) is 0 Å². The maximum atomic E-state index is 14.4. The lowest BCUT2D eigenvalue weighted by molar-refractivity contribution is 0.101. The van der Waals surface area contributed by atoms with E-state index < -0.39 is 5.82 Å². The number of urea groups is 1. The quantitative estimate of drug-likeness (QED) is 0.756. The van der Waals surface area contributed by atoms with E-state index in [4.69, 9.17) is 0 Å². The number of anilines is 2. The molecule has 3 heterocycles. The summed E-state index contributed by atoms with van der Waals surface area (Å²) in [6.07, 6.45) is 5.16. The first kappa shape index (κ1) is 21.0. The van der Waals surface area contributed by atoms with Crippen molar-refractivity contribution in [2.45, 2.75) is 25.8 Å². The van der Waals surface area contributed by atoms with E-state index in [1.807, 2.05) is 4.90 Å². The van der Waals surface area contributed by atoms with Crippen LogP contribution in [0.5, 0.6) is 0 Å². The SMILES string of the molecule is CC(=O)c1ccc(N2CCN(C(=O)NC3CCN(c4ncccn4)CC3)CC2)c(F)c1. The van der Waals surface area contributed by atoms with Crippen molar-refractivity contribution in [2.75, 3.05) is 49.1 Å². The number of aromatic nitrogens is 2. The molecule has 2 saturated heterocycles. The second kappa shape index (κ2) is 9.28. The predicted molar refractivity (Wildman–Crippen MR) is 116 cm³/mol. The molecule has 31 heavy (non-hydrogen) atoms. The molecule has 0 aliphatic carbocycles. The monoisotopic (exact) mass is 426 g/mol. The minimum atomic E-state index is -0.403. The molecule has 0 unspecified atom stereocenters. The fourth-order valence-corrected chi connectivity index (χ4v) is 4.08. The van der Waals surface area contributed by atoms with Gasteiger partial charge in [-0.3, -0.25) is 4.79 Å². The van der Waals surface area contributed by atoms with Crippen molar-refractivity contribution in [2.24, 2.45) is 0 Å². The molecule has 0 atom stereocenters. The van der Waals surface area contributed by atoms with Crippen molar-refractivity contribution in [3.63, 3.8) is 0 Å². The van der Waals surface area contributed by atoms with Crippen LogP contribution in [-0.4, -0.2) is 72.0 Å². The lowest BCUT2D eigenvalue weighted by atomic mass is 10.1. The third-order valence-electron chi connectivity index (χ3n) is 5.92. The molecule has 1 N–H and O–H groups in total. The number of ketones is 1. The summed E-state index contributed by atoms with van der Waals surface area (Å²) in [5, 5.41) is 3.14. The number of carbonyl (C=O) groups is 2. The number of Topliss-reactive ketones (excluding diaryl/α,β-unsaturated/α-hetero) is 1. The zero-order valence-corrected chi connectivity index (χ0v) is 17.6. The smallest absolute Gasteiger partial charge is 0.317 e. The summed E-state index contributed by atoms with van der Waals surface area (Å²) in [7, 11) is 0. The van der Waals surface area contributed by atoms with Gasteiger partial charge in [0.05, 0.1) is 5.69 Å². The van der Waals surface area contributed by atoms with Gasteiger partial charge >= 0.3 is 6.03 Å². The van der Waals surface area contributed by atoms with E-state index >= 15 is 0 Å². The molecule has 8 nitrogen and oxygen atoms in total. The van der Waals surface area contributed by atoms with Crippen LogP contribution in [0, 0.1) is 5.82 Å². The second-order valence-electron chi connectivity index (χ2n) is 7.96. The average Bonchev–Trinajstić information content (AvgIpc) is 2.80. The van der Waals surface area contributed by atoms with E-state index in [-0.39, 0.29) is 17.9 Å². The van der Waals surface area contributed by atoms with Gasteiger partial charge in [0.1, 0.15) is 5.82 Å². The molecule has 0 saturated carbocycles. The molecular weight excluding hydrogens is 399 g/mol. The number of halogens is 1. The van der Waals surface area contributed by atoms with Crippen molar-refractivity contribution < 1.29 is 14.0 Å². The molecule has 0 bridgehead atoms. The van der Waals surface area contributed by atoms with Crippen molar-refractivity contribution in [1.29, 1.82) is 0 Å². The first-order valence-electron chi connectivity index (χ1n) is 10.6. The maximum Gasteiger partial charge on any atom is 0.317 e. The van der Waals surface area contributed by atoms with Crippen LogP contribution >= 0.6 is 0 Å². The van der Waals surface area contributed by atoms with Crippen LogP contribution in [0.2, 0.25) is 0 Å². The second-order valence-corrected chi connectivity index (χ2v) is 7.96. The van der Waals surface area contributed by atoms with Crippen LogP contribution < -0.4 is 15.1 Å². The minimum Gasteiger partial charge on any atom is -0.366 e. The van der Waals surface area contributed by atoms with Gasteiger partial charge < -0.3 is 20.0 Å². The van der Waals surface area contributed by atoms with Crippen LogP contribution in [0.3, 0.4) is 0 Å². The van der Waals surface area contributed by atoms with E-state index in [1.165, 1.54) is 13.0 Å². The summed E-state index contributed by atoms with van der Waals surface area (Å²) in [5.41, 5.74) is 0.838. The number of amides is 2. The highest BCUT2D eigenvalue weighted by Gasteiger charge is 2.27. The van der Waals surface area contributed by atoms with Gasteiger partial charge in [0.25, 0.3) is 0 Å². The number of benzene rings is 1. The van der Waals surface area contributed by atoms with Gasteiger partial charge in [0.15, 0.2) is 5.78 Å². The fourth-order valence-electron chi connectivity index (χ4n) is 4.08. The van der Waals surface area contributed by atoms with E-state index in [1.54, 1.807) is 35.5 Å². The Kier molecular flexibility index (Phi) is 6.29. The summed E-state index contributed by atoms with van der Waals surface area (Å²) in [6.45, 7) is 5.18. The molecule has 2 amide bonds. The Hall–Kier alpha value is -3.23. The maximum absolute atomic E-state index is 14.4. The summed E-state index contributed by atoms with van der Waals surface area (Å²) in [4.78, 5) is 38.5. The molecule has 2 aliphatic rings. The van der Waals surface area contributed by atoms with Gasteiger partial charge in [-0.1, -0.05) is 0 Å². The number of piperazine rings is 1. The first-order chi connectivity index (χ1) is 15.0. The zero-order valence-electron chi connectivity index (χ0n) is 17.6. The number of nitrogens with zero attached hydrogens (tertiary/aromatic N) is 5. The van der Waals surface area contributed by atoms with E-state index in [2.05, 4.69) is 20.2 Å². The molecule has 9 heteroatoms. The number of hydrogen-bond donors (Lipinski definition) is 1. The molecular formula is C22H27FN6O2. The van der Waals surface area contributed by atoms with Gasteiger partial charge in [0, 0.05) is 63.3 Å². The van der Waals surface area contributed by atoms with E-state index in [0.29, 0.717) is 37.4 Å². The summed E-state index contributed by atoms with van der Waals surface area (Å²) < 4.78 is 14.4. The molecule has 2 aromatic rings. The standard InChI is InChI=1S/C22H27FN6O2/c1-16(30)17-3-4-20(19(23)15-17)27-11-13-29(14-12-27)22(31)26-18-5-9-28(10-6-18)21-24-7-2-8-25-21/h2-4,7-8,15,18H,5-6,9-14H2,1H3,(H,26,31). The van der Waals surface area contributed by atoms with Crippen LogP contribution in [-0.2, 0) is 0 Å². The molecule has 4 rings (SSSR count). The number of rotatable bonds is 4. The highest BCUT2D eigenvalue weighted by Crippen LogP contribution is 2.22. The molecule has 0 radical (unpaired) electrons. The van der Waals surface area contributed by atoms with Crippen molar-refractivity contribution in [3.05, 3.63) is 48.0 Å². The van der Waals surface area contributed by atoms with Gasteiger partial charge in [-0.25, -0.2) is 19.2 Å². The lowest BCUT2D eigenvalue weighted by Crippen LogP contribution is -2.55. The molecule has 2 fully saturated rings. The van der Waals surface area contributed by atoms with Gasteiger partial charge in [-0.05, 0) is 44.0 Å². The summed E-state index contributed by atoms with van der Waals surface area (Å²) in [6, 6.07) is 6.43. The average molecular weight is 426 g/mol. The largest absolute Gasteiger partial charge is 0.366 e. The fraction of sp³-hybridized carbons (Fsp3) is 0.455. The Labute approximate surface area is 181 Å². The number of nitrogens with one attached hydrogen (secondary N) is 1. The Morgan fingerprint density at radius 2 is 1.68 bits per heavy atom. The zero-order chi connectivity index (χ0) is 21.8. The molecule has 2 aliphatic heterocycles. The van der Waals surface area contributed by atoms with Crippen molar-refractivity contribution in [3.8, 4) is 0 Å². The van der Waals surface area contributed by atoms with Gasteiger partial charge in [-0.15, -0.1) is 0 Å². The lowest BCUT2D eigenvalue weighted by Gasteiger charge is -2.38. The molecule has 0 spiro atoms. The van der Waals surface area contributed by atoms with Gasteiger partial charge in [-0.2, -0.15) is 0 Å². The molecule has 1 aromatic carbocycles. The highest BCUT2D eigenvalue weighted by molar-refractivity contribution is 5.94. The normalized spacial score (nSPS) is 17.5. The molecule has 1 aromatic heterocycles. The van der Waals surface area contributed by atoms with Crippen LogP contribution in [0.1, 0.15) is 30.1 Å². The van der Waals surface area contributed by atoms with E-state index in [0.717, 1.165) is 31.9 Å². The molecule has 164 valence electrons. The Morgan fingerprint density at radius 1 is 1.00 bits per heavy atom. The Morgan fingerprint density at radius 3 is 2.29 bits per heavy atom. The van der Waals surface area contributed by atoms with E-state index in [9.17, 15) is 14.0 Å². The third-order valence-corrected chi connectivity index (χ3v) is 5.92. The minimum absolute atomic E-state index is 0.0681. The van der Waals surface area contributed by atoms with Gasteiger partial charge in [0.2, 0.25) is 5.95 Å². The summed E-state index contributed by atoms with van der Waals surface area (Å²) >= 11 is 0. The third kappa shape index (κ3) is 4.92. The van der Waals surface area contributed by atoms with Crippen molar-refractivity contribution in [1.82, 2.24) is 20.2 Å². The number of piperidine rings is 1. The Balaban J connectivity index is 1.25. The first-order valence-corrected chi connectivity index (χ1v) is 10.6. The summed E-state index contributed by atoms with van der Waals surface area (Å²) in [5.74, 6) is 0.167. The number of hydrogen-bond acceptors (Lipinski definition) is 6. The Bertz CT molecular complexity index is 925. The predicted octanol–water partition coefficient (Wildman–Crippen LogP) is 2.32. The number of carbonyl (C=O) groups excluding carboxylic acids is 2. The van der Waals surface area contributed by atoms with Crippen LogP contribution in [0.4, 0.5) is 20.8 Å². The highest BCUT2D eigenvalue weighted by atomic mass is 19.1. The van der Waals surface area contributed by atoms with Crippen molar-refractivity contribution >= 4 is 23.5 Å². The topological polar surface area (TPSA) is 81.7 Å².